The fourth-order valence-corrected chi connectivity index (χ4v) is 4.15. The molecule has 1 aromatic heterocycles. The fourth-order valence-electron chi connectivity index (χ4n) is 4.15. The number of nitrogens with zero attached hydrogens (tertiary/aromatic N) is 2. The van der Waals surface area contributed by atoms with Gasteiger partial charge in [0, 0.05) is 24.5 Å². The van der Waals surface area contributed by atoms with Crippen molar-refractivity contribution in [3.63, 3.8) is 0 Å². The minimum absolute atomic E-state index is 0.0827. The van der Waals surface area contributed by atoms with Crippen LogP contribution in [0, 0.1) is 13.8 Å². The van der Waals surface area contributed by atoms with Crippen LogP contribution in [-0.4, -0.2) is 33.3 Å². The zero-order valence-electron chi connectivity index (χ0n) is 19.6. The lowest BCUT2D eigenvalue weighted by atomic mass is 9.94. The van der Waals surface area contributed by atoms with Crippen molar-refractivity contribution in [2.24, 2.45) is 0 Å². The number of aryl methyl sites for hydroxylation is 2. The number of Topliss-reactive ketones (excluding diaryl/α,β-unsaturated/α-hetero) is 1. The average Bonchev–Trinajstić information content (AvgIpc) is 3.09. The number of likely N-dealkylation sites (tertiary alicyclic amines) is 1. The number of amides is 1. The predicted octanol–water partition coefficient (Wildman–Crippen LogP) is 5.11. The molecule has 1 unspecified atom stereocenters. The lowest BCUT2D eigenvalue weighted by molar-refractivity contribution is -0.140. The maximum absolute atomic E-state index is 13.2. The Balaban J connectivity index is 1.81. The molecule has 1 aliphatic rings. The Morgan fingerprint density at radius 3 is 2.50 bits per heavy atom. The van der Waals surface area contributed by atoms with Gasteiger partial charge in [-0.3, -0.25) is 14.6 Å². The molecule has 6 nitrogen and oxygen atoms in total. The average molecular weight is 457 g/mol. The van der Waals surface area contributed by atoms with E-state index in [-0.39, 0.29) is 17.9 Å². The number of benzene rings is 2. The van der Waals surface area contributed by atoms with Gasteiger partial charge in [-0.25, -0.2) is 0 Å². The standard InChI is InChI=1S/C28H28N2O4/c1-4-14-34-23-12-11-22(15-19(23)3)26(31)24-25(21-9-7-18(2)8-10-21)30(28(33)27(24)32)17-20-6-5-13-29-16-20/h5-13,15-16,25,31H,4,14,17H2,1-3H3/b26-24+. The molecule has 0 aliphatic carbocycles. The molecule has 1 N–H and O–H groups in total. The first kappa shape index (κ1) is 23.2. The predicted molar refractivity (Wildman–Crippen MR) is 130 cm³/mol. The van der Waals surface area contributed by atoms with E-state index >= 15 is 0 Å². The number of pyridine rings is 1. The highest BCUT2D eigenvalue weighted by Crippen LogP contribution is 2.40. The second-order valence-electron chi connectivity index (χ2n) is 8.53. The van der Waals surface area contributed by atoms with Crippen molar-refractivity contribution in [1.29, 1.82) is 0 Å². The third kappa shape index (κ3) is 4.57. The third-order valence-corrected chi connectivity index (χ3v) is 5.92. The molecule has 1 amide bonds. The molecule has 1 saturated heterocycles. The summed E-state index contributed by atoms with van der Waals surface area (Å²) in [5.74, 6) is -0.806. The number of ketones is 1. The van der Waals surface area contributed by atoms with Gasteiger partial charge in [0.15, 0.2) is 0 Å². The Kier molecular flexibility index (Phi) is 6.77. The highest BCUT2D eigenvalue weighted by Gasteiger charge is 2.46. The Morgan fingerprint density at radius 2 is 1.85 bits per heavy atom. The largest absolute Gasteiger partial charge is 0.507 e. The van der Waals surface area contributed by atoms with Gasteiger partial charge >= 0.3 is 0 Å². The number of aromatic nitrogens is 1. The highest BCUT2D eigenvalue weighted by molar-refractivity contribution is 6.46. The minimum atomic E-state index is -0.711. The summed E-state index contributed by atoms with van der Waals surface area (Å²) in [6.45, 7) is 6.70. The normalized spacial score (nSPS) is 17.3. The molecule has 1 aliphatic heterocycles. The summed E-state index contributed by atoms with van der Waals surface area (Å²) in [5, 5.41) is 11.3. The maximum atomic E-state index is 13.2. The van der Waals surface area contributed by atoms with Crippen LogP contribution in [0.2, 0.25) is 0 Å². The number of carbonyl (C=O) groups is 2. The van der Waals surface area contributed by atoms with Gasteiger partial charge in [0.2, 0.25) is 0 Å². The van der Waals surface area contributed by atoms with Gasteiger partial charge in [-0.1, -0.05) is 42.8 Å². The molecule has 174 valence electrons. The van der Waals surface area contributed by atoms with Crippen molar-refractivity contribution in [2.45, 2.75) is 39.8 Å². The summed E-state index contributed by atoms with van der Waals surface area (Å²) in [5.41, 5.74) is 4.02. The SMILES string of the molecule is CCCOc1ccc(/C(O)=C2\C(=O)C(=O)N(Cc3cccnc3)C2c2ccc(C)cc2)cc1C. The van der Waals surface area contributed by atoms with E-state index in [9.17, 15) is 14.7 Å². The van der Waals surface area contributed by atoms with E-state index in [1.54, 1.807) is 36.7 Å². The van der Waals surface area contributed by atoms with Crippen molar-refractivity contribution < 1.29 is 19.4 Å². The minimum Gasteiger partial charge on any atom is -0.507 e. The molecule has 1 fully saturated rings. The molecule has 6 heteroatoms. The van der Waals surface area contributed by atoms with Gasteiger partial charge < -0.3 is 14.7 Å². The smallest absolute Gasteiger partial charge is 0.295 e. The van der Waals surface area contributed by atoms with Gasteiger partial charge in [0.25, 0.3) is 11.7 Å². The number of aliphatic hydroxyl groups excluding tert-OH is 1. The zero-order valence-corrected chi connectivity index (χ0v) is 19.6. The van der Waals surface area contributed by atoms with Crippen LogP contribution in [0.1, 0.15) is 47.2 Å². The van der Waals surface area contributed by atoms with Crippen LogP contribution in [0.5, 0.6) is 5.75 Å². The molecule has 1 atom stereocenters. The molecular formula is C28H28N2O4. The van der Waals surface area contributed by atoms with Crippen LogP contribution < -0.4 is 4.74 Å². The summed E-state index contributed by atoms with van der Waals surface area (Å²) < 4.78 is 5.74. The molecule has 4 rings (SSSR count). The van der Waals surface area contributed by atoms with Crippen LogP contribution in [-0.2, 0) is 16.1 Å². The monoisotopic (exact) mass is 456 g/mol. The molecular weight excluding hydrogens is 428 g/mol. The summed E-state index contributed by atoms with van der Waals surface area (Å²) in [7, 11) is 0. The fraction of sp³-hybridized carbons (Fsp3) is 0.250. The quantitative estimate of drug-likeness (QED) is 0.304. The van der Waals surface area contributed by atoms with Crippen molar-refractivity contribution in [3.05, 3.63) is 100 Å². The van der Waals surface area contributed by atoms with Crippen molar-refractivity contribution in [1.82, 2.24) is 9.88 Å². The molecule has 0 radical (unpaired) electrons. The van der Waals surface area contributed by atoms with Gasteiger partial charge in [0.05, 0.1) is 18.2 Å². The first-order chi connectivity index (χ1) is 16.4. The second-order valence-corrected chi connectivity index (χ2v) is 8.53. The second kappa shape index (κ2) is 9.91. The van der Waals surface area contributed by atoms with Crippen molar-refractivity contribution in [2.75, 3.05) is 6.61 Å². The van der Waals surface area contributed by atoms with E-state index in [0.717, 1.165) is 34.4 Å². The van der Waals surface area contributed by atoms with Gasteiger partial charge in [-0.2, -0.15) is 0 Å². The number of hydrogen-bond acceptors (Lipinski definition) is 5. The maximum Gasteiger partial charge on any atom is 0.295 e. The van der Waals surface area contributed by atoms with Crippen LogP contribution >= 0.6 is 0 Å². The number of rotatable bonds is 7. The van der Waals surface area contributed by atoms with Crippen LogP contribution in [0.25, 0.3) is 5.76 Å². The summed E-state index contributed by atoms with van der Waals surface area (Å²) in [6, 6.07) is 15.9. The van der Waals surface area contributed by atoms with E-state index < -0.39 is 17.7 Å². The molecule has 0 saturated carbocycles. The van der Waals surface area contributed by atoms with E-state index in [1.807, 2.05) is 51.1 Å². The molecule has 34 heavy (non-hydrogen) atoms. The molecule has 0 spiro atoms. The Hall–Kier alpha value is -3.93. The first-order valence-electron chi connectivity index (χ1n) is 11.4. The van der Waals surface area contributed by atoms with Gasteiger partial charge in [-0.05, 0) is 61.2 Å². The number of ether oxygens (including phenoxy) is 1. The molecule has 2 aromatic carbocycles. The van der Waals surface area contributed by atoms with E-state index in [0.29, 0.717) is 12.2 Å². The van der Waals surface area contributed by atoms with Gasteiger partial charge in [-0.15, -0.1) is 0 Å². The third-order valence-electron chi connectivity index (χ3n) is 5.92. The van der Waals surface area contributed by atoms with Crippen LogP contribution in [0.3, 0.4) is 0 Å². The Labute approximate surface area is 199 Å². The summed E-state index contributed by atoms with van der Waals surface area (Å²) in [6.07, 6.45) is 4.22. The Bertz CT molecular complexity index is 1230. The molecule has 2 heterocycles. The lowest BCUT2D eigenvalue weighted by Gasteiger charge is -2.25. The van der Waals surface area contributed by atoms with Crippen LogP contribution in [0.15, 0.2) is 72.6 Å². The number of aliphatic hydroxyl groups is 1. The molecule has 3 aromatic rings. The van der Waals surface area contributed by atoms with E-state index in [2.05, 4.69) is 4.98 Å². The van der Waals surface area contributed by atoms with Crippen molar-refractivity contribution in [3.8, 4) is 5.75 Å². The first-order valence-corrected chi connectivity index (χ1v) is 11.4. The Morgan fingerprint density at radius 1 is 1.09 bits per heavy atom. The topological polar surface area (TPSA) is 79.7 Å². The lowest BCUT2D eigenvalue weighted by Crippen LogP contribution is -2.29. The van der Waals surface area contributed by atoms with Crippen LogP contribution in [0.4, 0.5) is 0 Å². The summed E-state index contributed by atoms with van der Waals surface area (Å²) >= 11 is 0. The van der Waals surface area contributed by atoms with E-state index in [1.165, 1.54) is 4.90 Å². The van der Waals surface area contributed by atoms with Gasteiger partial charge in [0.1, 0.15) is 11.5 Å². The van der Waals surface area contributed by atoms with E-state index in [4.69, 9.17) is 4.74 Å². The number of carbonyl (C=O) groups excluding carboxylic acids is 2. The summed E-state index contributed by atoms with van der Waals surface area (Å²) in [4.78, 5) is 32.0. The number of hydrogen-bond donors (Lipinski definition) is 1. The molecule has 0 bridgehead atoms. The zero-order chi connectivity index (χ0) is 24.2. The highest BCUT2D eigenvalue weighted by atomic mass is 16.5. The van der Waals surface area contributed by atoms with Crippen molar-refractivity contribution >= 4 is 17.4 Å².